The zero-order valence-corrected chi connectivity index (χ0v) is 10.1. The monoisotopic (exact) mass is 264 g/mol. The number of hydrogen-bond donors (Lipinski definition) is 3. The van der Waals surface area contributed by atoms with E-state index in [0.717, 1.165) is 0 Å². The highest BCUT2D eigenvalue weighted by molar-refractivity contribution is 5.54. The Hall–Kier alpha value is -2.68. The molecule has 19 heavy (non-hydrogen) atoms. The van der Waals surface area contributed by atoms with Crippen LogP contribution in [0.25, 0.3) is 0 Å². The van der Waals surface area contributed by atoms with Gasteiger partial charge in [0, 0.05) is 6.07 Å². The lowest BCUT2D eigenvalue weighted by atomic mass is 10.3. The summed E-state index contributed by atoms with van der Waals surface area (Å²) >= 11 is 0. The van der Waals surface area contributed by atoms with E-state index in [2.05, 4.69) is 20.9 Å². The Morgan fingerprint density at radius 3 is 2.74 bits per heavy atom. The summed E-state index contributed by atoms with van der Waals surface area (Å²) in [6.07, 6.45) is 0. The number of aromatic nitrogens is 2. The second-order valence-corrected chi connectivity index (χ2v) is 3.78. The summed E-state index contributed by atoms with van der Waals surface area (Å²) in [7, 11) is 0. The normalized spacial score (nSPS) is 10.2. The summed E-state index contributed by atoms with van der Waals surface area (Å²) < 4.78 is 4.91. The van der Waals surface area contributed by atoms with Crippen LogP contribution in [0.2, 0.25) is 0 Å². The fourth-order valence-corrected chi connectivity index (χ4v) is 1.47. The van der Waals surface area contributed by atoms with Crippen LogP contribution in [0.1, 0.15) is 11.5 Å². The van der Waals surface area contributed by atoms with Crippen molar-refractivity contribution in [3.63, 3.8) is 0 Å². The van der Waals surface area contributed by atoms with Gasteiger partial charge in [-0.3, -0.25) is 10.1 Å². The van der Waals surface area contributed by atoms with Gasteiger partial charge in [-0.15, -0.1) is 0 Å². The number of hydrogen-bond acceptors (Lipinski definition) is 8. The molecule has 4 N–H and O–H groups in total. The summed E-state index contributed by atoms with van der Waals surface area (Å²) in [5.74, 6) is 6.42. The lowest BCUT2D eigenvalue weighted by molar-refractivity contribution is -0.384. The van der Waals surface area contributed by atoms with Crippen LogP contribution < -0.4 is 16.6 Å². The molecule has 0 amide bonds. The minimum absolute atomic E-state index is 0.109. The van der Waals surface area contributed by atoms with Crippen molar-refractivity contribution in [2.45, 2.75) is 13.5 Å². The zero-order valence-electron chi connectivity index (χ0n) is 10.1. The molecule has 0 bridgehead atoms. The third kappa shape index (κ3) is 3.16. The van der Waals surface area contributed by atoms with E-state index in [1.165, 1.54) is 12.1 Å². The van der Waals surface area contributed by atoms with Gasteiger partial charge in [-0.05, 0) is 6.92 Å². The second kappa shape index (κ2) is 5.31. The predicted octanol–water partition coefficient (Wildman–Crippen LogP) is 1.18. The molecule has 9 nitrogen and oxygen atoms in total. The van der Waals surface area contributed by atoms with Gasteiger partial charge in [0.25, 0.3) is 5.69 Å². The average Bonchev–Trinajstić information content (AvgIpc) is 2.81. The topological polar surface area (TPSA) is 132 Å². The first-order valence-corrected chi connectivity index (χ1v) is 5.37. The quantitative estimate of drug-likeness (QED) is 0.416. The van der Waals surface area contributed by atoms with Gasteiger partial charge in [-0.1, -0.05) is 5.16 Å². The Labute approximate surface area is 107 Å². The Kier molecular flexibility index (Phi) is 3.57. The van der Waals surface area contributed by atoms with Crippen molar-refractivity contribution in [3.05, 3.63) is 39.8 Å². The van der Waals surface area contributed by atoms with Gasteiger partial charge >= 0.3 is 0 Å². The van der Waals surface area contributed by atoms with Gasteiger partial charge < -0.3 is 15.3 Å². The fourth-order valence-electron chi connectivity index (χ4n) is 1.47. The van der Waals surface area contributed by atoms with Crippen molar-refractivity contribution in [2.24, 2.45) is 5.84 Å². The molecule has 0 unspecified atom stereocenters. The molecular formula is C10H12N6O3. The van der Waals surface area contributed by atoms with Crippen LogP contribution >= 0.6 is 0 Å². The van der Waals surface area contributed by atoms with E-state index in [9.17, 15) is 10.1 Å². The summed E-state index contributed by atoms with van der Waals surface area (Å²) in [6.45, 7) is 2.12. The van der Waals surface area contributed by atoms with Gasteiger partial charge in [0.1, 0.15) is 23.1 Å². The van der Waals surface area contributed by atoms with Crippen molar-refractivity contribution < 1.29 is 9.45 Å². The molecule has 0 fully saturated rings. The lowest BCUT2D eigenvalue weighted by Crippen LogP contribution is -2.11. The highest BCUT2D eigenvalue weighted by atomic mass is 16.6. The van der Waals surface area contributed by atoms with Crippen LogP contribution in [0.3, 0.4) is 0 Å². The molecule has 2 heterocycles. The van der Waals surface area contributed by atoms with E-state index in [1.54, 1.807) is 13.0 Å². The van der Waals surface area contributed by atoms with Gasteiger partial charge in [-0.2, -0.15) is 0 Å². The van der Waals surface area contributed by atoms with E-state index in [1.807, 2.05) is 0 Å². The fraction of sp³-hybridized carbons (Fsp3) is 0.200. The van der Waals surface area contributed by atoms with Gasteiger partial charge in [0.05, 0.1) is 23.6 Å². The first-order chi connectivity index (χ1) is 9.08. The van der Waals surface area contributed by atoms with Crippen LogP contribution in [-0.4, -0.2) is 15.1 Å². The molecule has 0 radical (unpaired) electrons. The number of nitrogens with zero attached hydrogens (tertiary/aromatic N) is 3. The maximum absolute atomic E-state index is 10.8. The van der Waals surface area contributed by atoms with Crippen molar-refractivity contribution in [1.82, 2.24) is 10.1 Å². The highest BCUT2D eigenvalue weighted by Crippen LogP contribution is 2.20. The van der Waals surface area contributed by atoms with Gasteiger partial charge in [0.15, 0.2) is 0 Å². The van der Waals surface area contributed by atoms with E-state index in [0.29, 0.717) is 23.8 Å². The number of nitrogen functional groups attached to an aromatic ring is 1. The Morgan fingerprint density at radius 2 is 2.16 bits per heavy atom. The molecule has 0 aliphatic rings. The Morgan fingerprint density at radius 1 is 1.42 bits per heavy atom. The molecule has 0 atom stereocenters. The standard InChI is InChI=1S/C10H12N6O3/c1-6-2-7(15-19-6)5-12-9-3-8(16(17)18)4-10(13-9)14-11/h2-4H,5,11H2,1H3,(H2,12,13,14). The van der Waals surface area contributed by atoms with Gasteiger partial charge in [-0.25, -0.2) is 10.8 Å². The molecule has 0 aliphatic carbocycles. The van der Waals surface area contributed by atoms with E-state index >= 15 is 0 Å². The third-order valence-corrected chi connectivity index (χ3v) is 2.30. The highest BCUT2D eigenvalue weighted by Gasteiger charge is 2.11. The largest absolute Gasteiger partial charge is 0.364 e. The van der Waals surface area contributed by atoms with Crippen molar-refractivity contribution >= 4 is 17.3 Å². The van der Waals surface area contributed by atoms with Crippen LogP contribution in [0.5, 0.6) is 0 Å². The van der Waals surface area contributed by atoms with Crippen LogP contribution in [0.4, 0.5) is 17.3 Å². The minimum atomic E-state index is -0.520. The van der Waals surface area contributed by atoms with Gasteiger partial charge in [0.2, 0.25) is 0 Å². The van der Waals surface area contributed by atoms with Crippen LogP contribution in [0.15, 0.2) is 22.7 Å². The number of pyridine rings is 1. The van der Waals surface area contributed by atoms with E-state index in [4.69, 9.17) is 10.4 Å². The second-order valence-electron chi connectivity index (χ2n) is 3.78. The first kappa shape index (κ1) is 12.8. The van der Waals surface area contributed by atoms with Crippen molar-refractivity contribution in [1.29, 1.82) is 0 Å². The minimum Gasteiger partial charge on any atom is -0.364 e. The maximum Gasteiger partial charge on any atom is 0.276 e. The summed E-state index contributed by atoms with van der Waals surface area (Å²) in [5.41, 5.74) is 2.84. The molecule has 0 aliphatic heterocycles. The lowest BCUT2D eigenvalue weighted by Gasteiger charge is -2.05. The summed E-state index contributed by atoms with van der Waals surface area (Å²) in [4.78, 5) is 14.3. The molecule has 2 rings (SSSR count). The maximum atomic E-state index is 10.8. The smallest absolute Gasteiger partial charge is 0.276 e. The number of aryl methyl sites for hydroxylation is 1. The molecule has 9 heteroatoms. The molecule has 0 aromatic carbocycles. The molecule has 2 aromatic heterocycles. The Bertz CT molecular complexity index is 597. The number of nitro groups is 1. The number of nitrogens with one attached hydrogen (secondary N) is 2. The molecule has 2 aromatic rings. The number of anilines is 2. The molecule has 100 valence electrons. The molecule has 0 saturated carbocycles. The van der Waals surface area contributed by atoms with Crippen LogP contribution in [0, 0.1) is 17.0 Å². The number of rotatable bonds is 5. The number of hydrazine groups is 1. The summed E-state index contributed by atoms with van der Waals surface area (Å²) in [5, 5.41) is 17.5. The van der Waals surface area contributed by atoms with E-state index < -0.39 is 4.92 Å². The Balaban J connectivity index is 2.15. The summed E-state index contributed by atoms with van der Waals surface area (Å²) in [6, 6.07) is 4.31. The average molecular weight is 264 g/mol. The zero-order chi connectivity index (χ0) is 13.8. The molecule has 0 saturated heterocycles. The van der Waals surface area contributed by atoms with E-state index in [-0.39, 0.29) is 11.5 Å². The SMILES string of the molecule is Cc1cc(CNc2cc([N+](=O)[O-])cc(NN)n2)no1. The van der Waals surface area contributed by atoms with Crippen molar-refractivity contribution in [3.8, 4) is 0 Å². The molecular weight excluding hydrogens is 252 g/mol. The number of nitrogens with two attached hydrogens (primary N) is 1. The van der Waals surface area contributed by atoms with Crippen molar-refractivity contribution in [2.75, 3.05) is 10.7 Å². The van der Waals surface area contributed by atoms with Crippen LogP contribution in [-0.2, 0) is 6.54 Å². The first-order valence-electron chi connectivity index (χ1n) is 5.37. The molecule has 0 spiro atoms. The third-order valence-electron chi connectivity index (χ3n) is 2.30. The predicted molar refractivity (Wildman–Crippen MR) is 67.3 cm³/mol.